The summed E-state index contributed by atoms with van der Waals surface area (Å²) in [4.78, 5) is 11.6. The Balaban J connectivity index is 2.10. The molecular formula is C14H18N4O. The van der Waals surface area contributed by atoms with Crippen LogP contribution < -0.4 is 11.1 Å². The Hall–Kier alpha value is -2.04. The lowest BCUT2D eigenvalue weighted by Gasteiger charge is -2.17. The summed E-state index contributed by atoms with van der Waals surface area (Å²) >= 11 is 0. The van der Waals surface area contributed by atoms with Crippen LogP contribution in [0.4, 0.5) is 5.69 Å². The van der Waals surface area contributed by atoms with Gasteiger partial charge in [-0.05, 0) is 31.9 Å². The third-order valence-electron chi connectivity index (χ3n) is 3.84. The summed E-state index contributed by atoms with van der Waals surface area (Å²) < 4.78 is 1.84. The van der Waals surface area contributed by atoms with Gasteiger partial charge in [0.05, 0.1) is 23.0 Å². The largest absolute Gasteiger partial charge is 0.380 e. The maximum absolute atomic E-state index is 11.6. The molecule has 2 heterocycles. The van der Waals surface area contributed by atoms with Crippen molar-refractivity contribution in [3.05, 3.63) is 29.6 Å². The molecular weight excluding hydrogens is 240 g/mol. The van der Waals surface area contributed by atoms with E-state index in [1.54, 1.807) is 6.20 Å². The summed E-state index contributed by atoms with van der Waals surface area (Å²) in [6.07, 6.45) is 6.33. The molecule has 3 rings (SSSR count). The van der Waals surface area contributed by atoms with Gasteiger partial charge in [-0.1, -0.05) is 12.8 Å². The van der Waals surface area contributed by atoms with Gasteiger partial charge in [0.2, 0.25) is 0 Å². The normalized spacial score (nSPS) is 16.1. The van der Waals surface area contributed by atoms with Crippen molar-refractivity contribution in [3.63, 3.8) is 0 Å². The van der Waals surface area contributed by atoms with Crippen molar-refractivity contribution in [2.75, 3.05) is 5.32 Å². The standard InChI is InChI=1S/C14H18N4O/c1-9-6-7-12-13(17-10-4-2-3-5-10)11(14(15)19)8-16-18(9)12/h6-8,10,17H,2-5H2,1H3,(H2,15,19). The number of carbonyl (C=O) groups is 1. The fourth-order valence-electron chi connectivity index (χ4n) is 2.80. The minimum absolute atomic E-state index is 0.430. The van der Waals surface area contributed by atoms with Gasteiger partial charge in [-0.3, -0.25) is 4.79 Å². The molecule has 5 heteroatoms. The molecule has 1 saturated carbocycles. The van der Waals surface area contributed by atoms with Crippen LogP contribution in [0.2, 0.25) is 0 Å². The van der Waals surface area contributed by atoms with E-state index in [1.165, 1.54) is 12.8 Å². The molecule has 0 spiro atoms. The number of aryl methyl sites for hydroxylation is 1. The van der Waals surface area contributed by atoms with Crippen LogP contribution in [0.1, 0.15) is 41.7 Å². The number of nitrogens with two attached hydrogens (primary N) is 1. The summed E-state index contributed by atoms with van der Waals surface area (Å²) in [6, 6.07) is 4.40. The van der Waals surface area contributed by atoms with Gasteiger partial charge in [-0.15, -0.1) is 0 Å². The van der Waals surface area contributed by atoms with Crippen LogP contribution in [0.5, 0.6) is 0 Å². The number of anilines is 1. The van der Waals surface area contributed by atoms with E-state index in [9.17, 15) is 4.79 Å². The highest BCUT2D eigenvalue weighted by atomic mass is 16.1. The topological polar surface area (TPSA) is 72.4 Å². The van der Waals surface area contributed by atoms with Gasteiger partial charge in [0.25, 0.3) is 5.91 Å². The number of carbonyl (C=O) groups excluding carboxylic acids is 1. The van der Waals surface area contributed by atoms with Gasteiger partial charge < -0.3 is 11.1 Å². The summed E-state index contributed by atoms with van der Waals surface area (Å²) in [5.41, 5.74) is 8.71. The van der Waals surface area contributed by atoms with E-state index in [0.717, 1.165) is 29.7 Å². The Morgan fingerprint density at radius 2 is 2.16 bits per heavy atom. The van der Waals surface area contributed by atoms with E-state index in [-0.39, 0.29) is 0 Å². The zero-order valence-electron chi connectivity index (χ0n) is 11.0. The number of rotatable bonds is 3. The van der Waals surface area contributed by atoms with Crippen LogP contribution in [0.15, 0.2) is 18.3 Å². The van der Waals surface area contributed by atoms with Crippen molar-refractivity contribution in [1.29, 1.82) is 0 Å². The van der Waals surface area contributed by atoms with Crippen molar-refractivity contribution in [2.45, 2.75) is 38.6 Å². The molecule has 1 amide bonds. The van der Waals surface area contributed by atoms with E-state index < -0.39 is 5.91 Å². The molecule has 3 N–H and O–H groups in total. The minimum Gasteiger partial charge on any atom is -0.380 e. The molecule has 0 aliphatic heterocycles. The lowest BCUT2D eigenvalue weighted by atomic mass is 10.1. The Kier molecular flexibility index (Phi) is 2.89. The number of hydrogen-bond donors (Lipinski definition) is 2. The fourth-order valence-corrected chi connectivity index (χ4v) is 2.80. The molecule has 0 saturated heterocycles. The monoisotopic (exact) mass is 258 g/mol. The Bertz CT molecular complexity index is 626. The van der Waals surface area contributed by atoms with Crippen LogP contribution in [-0.4, -0.2) is 21.6 Å². The number of nitrogens with one attached hydrogen (secondary N) is 1. The molecule has 0 aromatic carbocycles. The maximum atomic E-state index is 11.6. The van der Waals surface area contributed by atoms with Gasteiger partial charge in [-0.2, -0.15) is 5.10 Å². The second-order valence-corrected chi connectivity index (χ2v) is 5.19. The van der Waals surface area contributed by atoms with E-state index in [2.05, 4.69) is 10.4 Å². The van der Waals surface area contributed by atoms with Crippen molar-refractivity contribution < 1.29 is 4.79 Å². The van der Waals surface area contributed by atoms with Crippen LogP contribution in [0, 0.1) is 6.92 Å². The van der Waals surface area contributed by atoms with Crippen molar-refractivity contribution >= 4 is 17.1 Å². The molecule has 0 atom stereocenters. The zero-order chi connectivity index (χ0) is 13.4. The molecule has 19 heavy (non-hydrogen) atoms. The highest BCUT2D eigenvalue weighted by molar-refractivity contribution is 6.01. The number of aromatic nitrogens is 2. The number of primary amides is 1. The first-order valence-electron chi connectivity index (χ1n) is 6.70. The lowest BCUT2D eigenvalue weighted by molar-refractivity contribution is 0.100. The molecule has 2 aromatic heterocycles. The van der Waals surface area contributed by atoms with E-state index in [0.29, 0.717) is 11.6 Å². The molecule has 100 valence electrons. The van der Waals surface area contributed by atoms with Crippen LogP contribution in [0.25, 0.3) is 5.52 Å². The number of amides is 1. The summed E-state index contributed by atoms with van der Waals surface area (Å²) in [6.45, 7) is 1.99. The maximum Gasteiger partial charge on any atom is 0.252 e. The molecule has 0 radical (unpaired) electrons. The third kappa shape index (κ3) is 2.05. The fraction of sp³-hybridized carbons (Fsp3) is 0.429. The molecule has 0 bridgehead atoms. The molecule has 1 aliphatic rings. The van der Waals surface area contributed by atoms with Gasteiger partial charge in [0.1, 0.15) is 0 Å². The average Bonchev–Trinajstić information content (AvgIpc) is 3.00. The van der Waals surface area contributed by atoms with Gasteiger partial charge in [0, 0.05) is 11.7 Å². The second-order valence-electron chi connectivity index (χ2n) is 5.19. The van der Waals surface area contributed by atoms with Crippen molar-refractivity contribution in [3.8, 4) is 0 Å². The third-order valence-corrected chi connectivity index (χ3v) is 3.84. The second kappa shape index (κ2) is 4.57. The van der Waals surface area contributed by atoms with Crippen LogP contribution in [-0.2, 0) is 0 Å². The van der Waals surface area contributed by atoms with Crippen molar-refractivity contribution in [2.24, 2.45) is 5.73 Å². The highest BCUT2D eigenvalue weighted by Crippen LogP contribution is 2.28. The molecule has 2 aromatic rings. The summed E-state index contributed by atoms with van der Waals surface area (Å²) in [7, 11) is 0. The first-order chi connectivity index (χ1) is 9.16. The summed E-state index contributed by atoms with van der Waals surface area (Å²) in [5, 5.41) is 7.76. The average molecular weight is 258 g/mol. The number of hydrogen-bond acceptors (Lipinski definition) is 3. The van der Waals surface area contributed by atoms with E-state index >= 15 is 0 Å². The van der Waals surface area contributed by atoms with Gasteiger partial charge in [0.15, 0.2) is 0 Å². The smallest absolute Gasteiger partial charge is 0.252 e. The van der Waals surface area contributed by atoms with E-state index in [4.69, 9.17) is 5.73 Å². The summed E-state index contributed by atoms with van der Waals surface area (Å²) in [5.74, 6) is -0.436. The minimum atomic E-state index is -0.436. The zero-order valence-corrected chi connectivity index (χ0v) is 11.0. The molecule has 5 nitrogen and oxygen atoms in total. The first-order valence-corrected chi connectivity index (χ1v) is 6.70. The van der Waals surface area contributed by atoms with Crippen LogP contribution in [0.3, 0.4) is 0 Å². The van der Waals surface area contributed by atoms with Crippen molar-refractivity contribution in [1.82, 2.24) is 9.61 Å². The predicted octanol–water partition coefficient (Wildman–Crippen LogP) is 2.10. The molecule has 1 fully saturated rings. The quantitative estimate of drug-likeness (QED) is 0.885. The van der Waals surface area contributed by atoms with E-state index in [1.807, 2.05) is 23.6 Å². The SMILES string of the molecule is Cc1ccc2c(NC3CCCC3)c(C(N)=O)cnn12. The van der Waals surface area contributed by atoms with Gasteiger partial charge in [-0.25, -0.2) is 4.52 Å². The molecule has 1 aliphatic carbocycles. The number of nitrogens with zero attached hydrogens (tertiary/aromatic N) is 2. The molecule has 0 unspecified atom stereocenters. The van der Waals surface area contributed by atoms with Gasteiger partial charge >= 0.3 is 0 Å². The predicted molar refractivity (Wildman–Crippen MR) is 74.3 cm³/mol. The Morgan fingerprint density at radius 3 is 2.84 bits per heavy atom. The Morgan fingerprint density at radius 1 is 1.42 bits per heavy atom. The lowest BCUT2D eigenvalue weighted by Crippen LogP contribution is -2.21. The number of fused-ring (bicyclic) bond motifs is 1. The highest BCUT2D eigenvalue weighted by Gasteiger charge is 2.20. The Labute approximate surface area is 111 Å². The first kappa shape index (κ1) is 12.0. The van der Waals surface area contributed by atoms with Crippen LogP contribution >= 0.6 is 0 Å².